The van der Waals surface area contributed by atoms with Gasteiger partial charge in [0, 0.05) is 18.7 Å². The normalized spacial score (nSPS) is 23.2. The number of hydrogen-bond acceptors (Lipinski definition) is 5. The maximum atomic E-state index is 5.58. The molecule has 0 spiro atoms. The molecule has 1 fully saturated rings. The first-order chi connectivity index (χ1) is 9.04. The maximum absolute atomic E-state index is 5.58. The van der Waals surface area contributed by atoms with Gasteiger partial charge in [-0.3, -0.25) is 0 Å². The van der Waals surface area contributed by atoms with E-state index in [-0.39, 0.29) is 5.54 Å². The minimum Gasteiger partial charge on any atom is -0.379 e. The van der Waals surface area contributed by atoms with Crippen LogP contribution in [0.2, 0.25) is 0 Å². The molecule has 0 amide bonds. The van der Waals surface area contributed by atoms with Crippen LogP contribution in [-0.2, 0) is 4.74 Å². The highest BCUT2D eigenvalue weighted by molar-refractivity contribution is 5.58. The monoisotopic (exact) mass is 264 g/mol. The highest BCUT2D eigenvalue weighted by Crippen LogP contribution is 2.27. The molecule has 19 heavy (non-hydrogen) atoms. The summed E-state index contributed by atoms with van der Waals surface area (Å²) in [5.41, 5.74) is 1.03. The number of hydrogen-bond donors (Lipinski definition) is 2. The molecule has 0 radical (unpaired) electrons. The van der Waals surface area contributed by atoms with Crippen molar-refractivity contribution in [3.8, 4) is 0 Å². The summed E-state index contributed by atoms with van der Waals surface area (Å²) in [5, 5.41) is 6.83. The van der Waals surface area contributed by atoms with Crippen LogP contribution in [0, 0.1) is 13.8 Å². The summed E-state index contributed by atoms with van der Waals surface area (Å²) >= 11 is 0. The lowest BCUT2D eigenvalue weighted by molar-refractivity contribution is 0.0538. The Morgan fingerprint density at radius 3 is 2.63 bits per heavy atom. The minimum atomic E-state index is -0.0344. The molecule has 0 bridgehead atoms. The molecule has 1 atom stereocenters. The number of aromatic nitrogens is 2. The summed E-state index contributed by atoms with van der Waals surface area (Å²) in [6.07, 6.45) is 2.19. The van der Waals surface area contributed by atoms with Crippen LogP contribution in [-0.4, -0.2) is 35.3 Å². The first-order valence-corrected chi connectivity index (χ1v) is 6.99. The molecule has 1 saturated heterocycles. The average Bonchev–Trinajstić information content (AvgIpc) is 2.36. The number of rotatable bonds is 4. The van der Waals surface area contributed by atoms with Gasteiger partial charge in [-0.25, -0.2) is 9.97 Å². The molecular formula is C14H24N4O. The second-order valence-corrected chi connectivity index (χ2v) is 5.47. The SMILES string of the molecule is CCNc1nc(C)nc(NC2(C)CCCOC2)c1C. The third-order valence-corrected chi connectivity index (χ3v) is 3.46. The van der Waals surface area contributed by atoms with Crippen molar-refractivity contribution < 1.29 is 4.74 Å². The quantitative estimate of drug-likeness (QED) is 0.875. The van der Waals surface area contributed by atoms with Crippen molar-refractivity contribution in [1.82, 2.24) is 9.97 Å². The van der Waals surface area contributed by atoms with E-state index in [4.69, 9.17) is 4.74 Å². The number of nitrogens with zero attached hydrogens (tertiary/aromatic N) is 2. The first kappa shape index (κ1) is 14.1. The number of anilines is 2. The van der Waals surface area contributed by atoms with Crippen molar-refractivity contribution in [1.29, 1.82) is 0 Å². The zero-order valence-corrected chi connectivity index (χ0v) is 12.3. The number of aryl methyl sites for hydroxylation is 1. The van der Waals surface area contributed by atoms with Crippen molar-refractivity contribution >= 4 is 11.6 Å². The lowest BCUT2D eigenvalue weighted by atomic mass is 9.94. The number of nitrogens with one attached hydrogen (secondary N) is 2. The predicted octanol–water partition coefficient (Wildman–Crippen LogP) is 2.51. The molecule has 2 heterocycles. The van der Waals surface area contributed by atoms with Gasteiger partial charge >= 0.3 is 0 Å². The number of ether oxygens (including phenoxy) is 1. The van der Waals surface area contributed by atoms with Crippen molar-refractivity contribution in [2.75, 3.05) is 30.4 Å². The molecule has 5 heteroatoms. The standard InChI is InChI=1S/C14H24N4O/c1-5-15-12-10(2)13(17-11(3)16-12)18-14(4)7-6-8-19-9-14/h5-9H2,1-4H3,(H2,15,16,17,18). The average molecular weight is 264 g/mol. The lowest BCUT2D eigenvalue weighted by Gasteiger charge is -2.35. The molecule has 1 aromatic rings. The van der Waals surface area contributed by atoms with Gasteiger partial charge < -0.3 is 15.4 Å². The Bertz CT molecular complexity index is 441. The Morgan fingerprint density at radius 1 is 1.26 bits per heavy atom. The van der Waals surface area contributed by atoms with E-state index >= 15 is 0 Å². The van der Waals surface area contributed by atoms with E-state index in [0.29, 0.717) is 0 Å². The lowest BCUT2D eigenvalue weighted by Crippen LogP contribution is -2.43. The van der Waals surface area contributed by atoms with Crippen LogP contribution in [0.3, 0.4) is 0 Å². The Morgan fingerprint density at radius 2 is 2.00 bits per heavy atom. The second-order valence-electron chi connectivity index (χ2n) is 5.47. The molecule has 1 aliphatic rings. The van der Waals surface area contributed by atoms with Crippen LogP contribution in [0.5, 0.6) is 0 Å². The largest absolute Gasteiger partial charge is 0.379 e. The summed E-state index contributed by atoms with van der Waals surface area (Å²) in [7, 11) is 0. The molecule has 1 aromatic heterocycles. The smallest absolute Gasteiger partial charge is 0.135 e. The van der Waals surface area contributed by atoms with Crippen LogP contribution in [0.4, 0.5) is 11.6 Å². The van der Waals surface area contributed by atoms with Gasteiger partial charge in [-0.05, 0) is 40.5 Å². The van der Waals surface area contributed by atoms with Crippen LogP contribution >= 0.6 is 0 Å². The summed E-state index contributed by atoms with van der Waals surface area (Å²) in [6.45, 7) is 10.7. The highest BCUT2D eigenvalue weighted by atomic mass is 16.5. The molecule has 2 N–H and O–H groups in total. The molecule has 1 unspecified atom stereocenters. The topological polar surface area (TPSA) is 59.1 Å². The van der Waals surface area contributed by atoms with Crippen LogP contribution < -0.4 is 10.6 Å². The molecular weight excluding hydrogens is 240 g/mol. The van der Waals surface area contributed by atoms with Crippen molar-refractivity contribution in [3.63, 3.8) is 0 Å². The fourth-order valence-electron chi connectivity index (χ4n) is 2.41. The van der Waals surface area contributed by atoms with Gasteiger partial charge in [-0.1, -0.05) is 0 Å². The highest BCUT2D eigenvalue weighted by Gasteiger charge is 2.28. The maximum Gasteiger partial charge on any atom is 0.135 e. The third kappa shape index (κ3) is 3.35. The van der Waals surface area contributed by atoms with E-state index in [1.54, 1.807) is 0 Å². The second kappa shape index (κ2) is 5.74. The van der Waals surface area contributed by atoms with E-state index in [9.17, 15) is 0 Å². The Balaban J connectivity index is 2.23. The molecule has 1 aliphatic heterocycles. The zero-order chi connectivity index (χ0) is 13.9. The first-order valence-electron chi connectivity index (χ1n) is 6.99. The van der Waals surface area contributed by atoms with E-state index in [1.807, 2.05) is 13.8 Å². The summed E-state index contributed by atoms with van der Waals surface area (Å²) in [5.74, 6) is 2.61. The van der Waals surface area contributed by atoms with Gasteiger partial charge in [0.05, 0.1) is 12.1 Å². The third-order valence-electron chi connectivity index (χ3n) is 3.46. The molecule has 106 valence electrons. The minimum absolute atomic E-state index is 0.0344. The Kier molecular flexibility index (Phi) is 4.24. The molecule has 0 aliphatic carbocycles. The zero-order valence-electron chi connectivity index (χ0n) is 12.3. The predicted molar refractivity (Wildman–Crippen MR) is 77.8 cm³/mol. The van der Waals surface area contributed by atoms with Gasteiger partial charge in [-0.2, -0.15) is 0 Å². The Hall–Kier alpha value is -1.36. The molecule has 0 aromatic carbocycles. The van der Waals surface area contributed by atoms with Gasteiger partial charge in [0.2, 0.25) is 0 Å². The van der Waals surface area contributed by atoms with Crippen LogP contribution in [0.1, 0.15) is 38.1 Å². The van der Waals surface area contributed by atoms with Crippen LogP contribution in [0.15, 0.2) is 0 Å². The summed E-state index contributed by atoms with van der Waals surface area (Å²) in [6, 6.07) is 0. The van der Waals surface area contributed by atoms with Crippen molar-refractivity contribution in [2.45, 2.75) is 46.1 Å². The van der Waals surface area contributed by atoms with Crippen LogP contribution in [0.25, 0.3) is 0 Å². The van der Waals surface area contributed by atoms with Gasteiger partial charge in [0.15, 0.2) is 0 Å². The molecule has 0 saturated carbocycles. The van der Waals surface area contributed by atoms with E-state index in [2.05, 4.69) is 34.4 Å². The van der Waals surface area contributed by atoms with Gasteiger partial charge in [0.1, 0.15) is 17.5 Å². The van der Waals surface area contributed by atoms with Crippen molar-refractivity contribution in [2.24, 2.45) is 0 Å². The fraction of sp³-hybridized carbons (Fsp3) is 0.714. The van der Waals surface area contributed by atoms with E-state index in [1.165, 1.54) is 0 Å². The van der Waals surface area contributed by atoms with E-state index < -0.39 is 0 Å². The van der Waals surface area contributed by atoms with E-state index in [0.717, 1.165) is 55.6 Å². The fourth-order valence-corrected chi connectivity index (χ4v) is 2.41. The Labute approximate surface area is 115 Å². The molecule has 5 nitrogen and oxygen atoms in total. The molecule has 2 rings (SSSR count). The van der Waals surface area contributed by atoms with Gasteiger partial charge in [-0.15, -0.1) is 0 Å². The van der Waals surface area contributed by atoms with Gasteiger partial charge in [0.25, 0.3) is 0 Å². The summed E-state index contributed by atoms with van der Waals surface area (Å²) < 4.78 is 5.58. The van der Waals surface area contributed by atoms with Crippen molar-refractivity contribution in [3.05, 3.63) is 11.4 Å². The summed E-state index contributed by atoms with van der Waals surface area (Å²) in [4.78, 5) is 8.98.